The summed E-state index contributed by atoms with van der Waals surface area (Å²) < 4.78 is 42.3. The van der Waals surface area contributed by atoms with Crippen LogP contribution in [0.25, 0.3) is 0 Å². The van der Waals surface area contributed by atoms with E-state index in [1.807, 2.05) is 6.92 Å². The fourth-order valence-electron chi connectivity index (χ4n) is 1.38. The van der Waals surface area contributed by atoms with Crippen molar-refractivity contribution in [1.82, 2.24) is 10.3 Å². The van der Waals surface area contributed by atoms with E-state index in [4.69, 9.17) is 16.3 Å². The molecule has 0 spiro atoms. The molecule has 3 nitrogen and oxygen atoms in total. The van der Waals surface area contributed by atoms with Gasteiger partial charge >= 0.3 is 6.18 Å². The SMILES string of the molecule is COCCNCC(C)Sc1ncc(C(F)(F)F)cc1Cl. The summed E-state index contributed by atoms with van der Waals surface area (Å²) in [5.41, 5.74) is -0.835. The summed E-state index contributed by atoms with van der Waals surface area (Å²) in [5.74, 6) is 0. The van der Waals surface area contributed by atoms with E-state index in [1.165, 1.54) is 11.8 Å². The quantitative estimate of drug-likeness (QED) is 0.614. The summed E-state index contributed by atoms with van der Waals surface area (Å²) in [7, 11) is 1.62. The largest absolute Gasteiger partial charge is 0.417 e. The van der Waals surface area contributed by atoms with E-state index >= 15 is 0 Å². The van der Waals surface area contributed by atoms with E-state index in [-0.39, 0.29) is 10.3 Å². The Morgan fingerprint density at radius 1 is 1.50 bits per heavy atom. The van der Waals surface area contributed by atoms with E-state index in [0.29, 0.717) is 18.2 Å². The second kappa shape index (κ2) is 8.07. The third-order valence-electron chi connectivity index (χ3n) is 2.36. The van der Waals surface area contributed by atoms with Gasteiger partial charge < -0.3 is 10.1 Å². The van der Waals surface area contributed by atoms with Crippen LogP contribution < -0.4 is 5.32 Å². The molecule has 0 radical (unpaired) electrons. The normalized spacial score (nSPS) is 13.5. The van der Waals surface area contributed by atoms with Crippen LogP contribution in [0.3, 0.4) is 0 Å². The van der Waals surface area contributed by atoms with Gasteiger partial charge in [-0.25, -0.2) is 4.98 Å². The van der Waals surface area contributed by atoms with Crippen molar-refractivity contribution >= 4 is 23.4 Å². The minimum Gasteiger partial charge on any atom is -0.383 e. The van der Waals surface area contributed by atoms with Crippen LogP contribution in [0, 0.1) is 0 Å². The second-order valence-electron chi connectivity index (χ2n) is 4.13. The standard InChI is InChI=1S/C12H16ClF3N2OS/c1-8(6-17-3-4-19-2)20-11-10(13)5-9(7-18-11)12(14,15)16/h5,7-8,17H,3-4,6H2,1-2H3. The maximum absolute atomic E-state index is 12.5. The van der Waals surface area contributed by atoms with Crippen LogP contribution >= 0.6 is 23.4 Å². The van der Waals surface area contributed by atoms with E-state index in [2.05, 4.69) is 10.3 Å². The van der Waals surface area contributed by atoms with Gasteiger partial charge in [0.1, 0.15) is 5.03 Å². The highest BCUT2D eigenvalue weighted by molar-refractivity contribution is 8.00. The van der Waals surface area contributed by atoms with Crippen molar-refractivity contribution in [3.8, 4) is 0 Å². The van der Waals surface area contributed by atoms with Gasteiger partial charge in [0.2, 0.25) is 0 Å². The molecular formula is C12H16ClF3N2OS. The number of nitrogens with one attached hydrogen (secondary N) is 1. The van der Waals surface area contributed by atoms with Gasteiger partial charge in [-0.2, -0.15) is 13.2 Å². The number of methoxy groups -OCH3 is 1. The lowest BCUT2D eigenvalue weighted by molar-refractivity contribution is -0.137. The molecule has 1 unspecified atom stereocenters. The number of rotatable bonds is 7. The predicted octanol–water partition coefficient (Wildman–Crippen LogP) is 3.47. The number of pyridine rings is 1. The van der Waals surface area contributed by atoms with Gasteiger partial charge in [-0.1, -0.05) is 18.5 Å². The molecule has 1 aromatic rings. The molecule has 114 valence electrons. The summed E-state index contributed by atoms with van der Waals surface area (Å²) in [6.07, 6.45) is -3.62. The molecule has 0 saturated heterocycles. The van der Waals surface area contributed by atoms with Crippen LogP contribution in [0.4, 0.5) is 13.2 Å². The molecule has 0 fully saturated rings. The Morgan fingerprint density at radius 2 is 2.20 bits per heavy atom. The van der Waals surface area contributed by atoms with Crippen molar-refractivity contribution in [3.63, 3.8) is 0 Å². The Morgan fingerprint density at radius 3 is 2.75 bits per heavy atom. The van der Waals surface area contributed by atoms with Crippen molar-refractivity contribution in [2.75, 3.05) is 26.8 Å². The molecule has 0 bridgehead atoms. The van der Waals surface area contributed by atoms with E-state index < -0.39 is 11.7 Å². The molecule has 8 heteroatoms. The van der Waals surface area contributed by atoms with Crippen molar-refractivity contribution < 1.29 is 17.9 Å². The van der Waals surface area contributed by atoms with Crippen LogP contribution in [-0.2, 0) is 10.9 Å². The van der Waals surface area contributed by atoms with Crippen molar-refractivity contribution in [3.05, 3.63) is 22.8 Å². The van der Waals surface area contributed by atoms with Crippen LogP contribution in [-0.4, -0.2) is 37.0 Å². The van der Waals surface area contributed by atoms with Crippen LogP contribution in [0.2, 0.25) is 5.02 Å². The Labute approximate surface area is 125 Å². The van der Waals surface area contributed by atoms with Crippen molar-refractivity contribution in [1.29, 1.82) is 0 Å². The van der Waals surface area contributed by atoms with Crippen LogP contribution in [0.15, 0.2) is 17.3 Å². The Balaban J connectivity index is 2.56. The average Bonchev–Trinajstić information content (AvgIpc) is 2.36. The maximum Gasteiger partial charge on any atom is 0.417 e. The Hall–Kier alpha value is -0.500. The molecular weight excluding hydrogens is 313 g/mol. The number of hydrogen-bond acceptors (Lipinski definition) is 4. The zero-order valence-corrected chi connectivity index (χ0v) is 12.7. The zero-order valence-electron chi connectivity index (χ0n) is 11.1. The molecule has 1 N–H and O–H groups in total. The van der Waals surface area contributed by atoms with Gasteiger partial charge in [-0.3, -0.25) is 0 Å². The van der Waals surface area contributed by atoms with E-state index in [0.717, 1.165) is 18.8 Å². The summed E-state index contributed by atoms with van der Waals surface area (Å²) in [6.45, 7) is 3.96. The molecule has 1 aromatic heterocycles. The zero-order chi connectivity index (χ0) is 15.2. The minimum atomic E-state index is -4.42. The molecule has 20 heavy (non-hydrogen) atoms. The molecule has 0 aliphatic heterocycles. The van der Waals surface area contributed by atoms with Gasteiger partial charge in [-0.15, -0.1) is 11.8 Å². The third-order valence-corrected chi connectivity index (χ3v) is 3.88. The summed E-state index contributed by atoms with van der Waals surface area (Å²) in [5, 5.41) is 3.72. The molecule has 0 saturated carbocycles. The van der Waals surface area contributed by atoms with Crippen molar-refractivity contribution in [2.24, 2.45) is 0 Å². The first-order valence-electron chi connectivity index (χ1n) is 5.93. The molecule has 0 amide bonds. The van der Waals surface area contributed by atoms with Crippen LogP contribution in [0.1, 0.15) is 12.5 Å². The Kier molecular flexibility index (Phi) is 7.08. The fourth-order valence-corrected chi connectivity index (χ4v) is 2.55. The molecule has 1 heterocycles. The average molecular weight is 329 g/mol. The molecule has 0 aliphatic rings. The van der Waals surface area contributed by atoms with E-state index in [9.17, 15) is 13.2 Å². The fraction of sp³-hybridized carbons (Fsp3) is 0.583. The first kappa shape index (κ1) is 17.6. The number of ether oxygens (including phenoxy) is 1. The van der Waals surface area contributed by atoms with Gasteiger partial charge in [-0.05, 0) is 6.07 Å². The van der Waals surface area contributed by atoms with Gasteiger partial charge in [0, 0.05) is 31.6 Å². The number of nitrogens with zero attached hydrogens (tertiary/aromatic N) is 1. The molecule has 1 atom stereocenters. The van der Waals surface area contributed by atoms with Crippen LogP contribution in [0.5, 0.6) is 0 Å². The highest BCUT2D eigenvalue weighted by Crippen LogP contribution is 2.34. The predicted molar refractivity (Wildman–Crippen MR) is 74.3 cm³/mol. The highest BCUT2D eigenvalue weighted by Gasteiger charge is 2.31. The first-order valence-corrected chi connectivity index (χ1v) is 7.19. The van der Waals surface area contributed by atoms with E-state index in [1.54, 1.807) is 7.11 Å². The third kappa shape index (κ3) is 5.87. The van der Waals surface area contributed by atoms with Gasteiger partial charge in [0.25, 0.3) is 0 Å². The van der Waals surface area contributed by atoms with Crippen molar-refractivity contribution in [2.45, 2.75) is 23.4 Å². The minimum absolute atomic E-state index is 0.0218. The second-order valence-corrected chi connectivity index (χ2v) is 5.97. The number of halogens is 4. The maximum atomic E-state index is 12.5. The smallest absolute Gasteiger partial charge is 0.383 e. The molecule has 1 rings (SSSR count). The Bertz CT molecular complexity index is 432. The highest BCUT2D eigenvalue weighted by atomic mass is 35.5. The first-order chi connectivity index (χ1) is 9.34. The topological polar surface area (TPSA) is 34.1 Å². The summed E-state index contributed by atoms with van der Waals surface area (Å²) in [4.78, 5) is 3.79. The van der Waals surface area contributed by atoms with Gasteiger partial charge in [0.05, 0.1) is 17.2 Å². The number of thioether (sulfide) groups is 1. The summed E-state index contributed by atoms with van der Waals surface area (Å²) in [6, 6.07) is 0.905. The number of alkyl halides is 3. The summed E-state index contributed by atoms with van der Waals surface area (Å²) >= 11 is 7.17. The van der Waals surface area contributed by atoms with Gasteiger partial charge in [0.15, 0.2) is 0 Å². The monoisotopic (exact) mass is 328 g/mol. The number of aromatic nitrogens is 1. The molecule has 0 aromatic carbocycles. The lowest BCUT2D eigenvalue weighted by Gasteiger charge is -2.13. The lowest BCUT2D eigenvalue weighted by Crippen LogP contribution is -2.26. The molecule has 0 aliphatic carbocycles. The lowest BCUT2D eigenvalue weighted by atomic mass is 10.3. The number of hydrogen-bond donors (Lipinski definition) is 1.